The van der Waals surface area contributed by atoms with Crippen molar-refractivity contribution in [2.24, 2.45) is 0 Å². The summed E-state index contributed by atoms with van der Waals surface area (Å²) in [7, 11) is 0. The second kappa shape index (κ2) is 9.86. The summed E-state index contributed by atoms with van der Waals surface area (Å²) in [5.74, 6) is 0. The van der Waals surface area contributed by atoms with Crippen LogP contribution in [0.25, 0.3) is 59.8 Å². The van der Waals surface area contributed by atoms with E-state index in [1.54, 1.807) is 0 Å². The van der Waals surface area contributed by atoms with Crippen LogP contribution in [0.1, 0.15) is 0 Å². The summed E-state index contributed by atoms with van der Waals surface area (Å²) in [5.41, 5.74) is 6.96. The normalized spacial score (nSPS) is 11.6. The van der Waals surface area contributed by atoms with E-state index >= 15 is 0 Å². The quantitative estimate of drug-likeness (QED) is 0.194. The second-order valence-corrected chi connectivity index (χ2v) is 11.4. The maximum Gasteiger partial charge on any atom is 0.0561 e. The molecule has 0 aliphatic rings. The van der Waals surface area contributed by atoms with Crippen LogP contribution in [0.4, 0.5) is 17.1 Å². The van der Waals surface area contributed by atoms with Gasteiger partial charge in [-0.3, -0.25) is 0 Å². The molecule has 9 rings (SSSR count). The predicted octanol–water partition coefficient (Wildman–Crippen LogP) is 11.7. The molecular formula is C42H28N2. The highest BCUT2D eigenvalue weighted by molar-refractivity contribution is 6.28. The molecule has 2 heteroatoms. The Morgan fingerprint density at radius 3 is 1.57 bits per heavy atom. The zero-order chi connectivity index (χ0) is 29.0. The monoisotopic (exact) mass is 560 g/mol. The van der Waals surface area contributed by atoms with E-state index in [1.165, 1.54) is 54.1 Å². The van der Waals surface area contributed by atoms with Gasteiger partial charge < -0.3 is 9.47 Å². The van der Waals surface area contributed by atoms with Crippen molar-refractivity contribution in [3.8, 4) is 5.69 Å². The van der Waals surface area contributed by atoms with Crippen LogP contribution >= 0.6 is 0 Å². The van der Waals surface area contributed by atoms with E-state index in [0.717, 1.165) is 22.7 Å². The minimum Gasteiger partial charge on any atom is -0.310 e. The fourth-order valence-electron chi connectivity index (χ4n) is 7.08. The van der Waals surface area contributed by atoms with Crippen molar-refractivity contribution < 1.29 is 0 Å². The summed E-state index contributed by atoms with van der Waals surface area (Å²) in [5, 5.41) is 10.1. The van der Waals surface area contributed by atoms with Crippen molar-refractivity contribution in [2.75, 3.05) is 4.90 Å². The maximum absolute atomic E-state index is 2.43. The molecule has 0 N–H and O–H groups in total. The lowest BCUT2D eigenvalue weighted by atomic mass is 9.93. The van der Waals surface area contributed by atoms with Gasteiger partial charge in [-0.25, -0.2) is 0 Å². The molecule has 0 amide bonds. The van der Waals surface area contributed by atoms with Gasteiger partial charge in [0.1, 0.15) is 0 Å². The summed E-state index contributed by atoms with van der Waals surface area (Å²) in [6.45, 7) is 0. The third-order valence-electron chi connectivity index (χ3n) is 8.93. The first-order chi connectivity index (χ1) is 21.9. The van der Waals surface area contributed by atoms with Crippen molar-refractivity contribution in [3.63, 3.8) is 0 Å². The fourth-order valence-corrected chi connectivity index (χ4v) is 7.08. The van der Waals surface area contributed by atoms with Gasteiger partial charge in [-0.05, 0) is 75.5 Å². The van der Waals surface area contributed by atoms with Gasteiger partial charge in [0.05, 0.1) is 16.7 Å². The summed E-state index contributed by atoms with van der Waals surface area (Å²) in [4.78, 5) is 2.43. The molecular weight excluding hydrogens is 532 g/mol. The van der Waals surface area contributed by atoms with Crippen LogP contribution in [0, 0.1) is 0 Å². The van der Waals surface area contributed by atoms with Crippen LogP contribution in [0.5, 0.6) is 0 Å². The first-order valence-corrected chi connectivity index (χ1v) is 15.1. The molecule has 0 atom stereocenters. The van der Waals surface area contributed by atoms with Gasteiger partial charge in [0.25, 0.3) is 0 Å². The molecule has 0 unspecified atom stereocenters. The van der Waals surface area contributed by atoms with Crippen LogP contribution in [0.15, 0.2) is 170 Å². The van der Waals surface area contributed by atoms with E-state index in [-0.39, 0.29) is 0 Å². The van der Waals surface area contributed by atoms with Gasteiger partial charge >= 0.3 is 0 Å². The Morgan fingerprint density at radius 2 is 0.864 bits per heavy atom. The largest absolute Gasteiger partial charge is 0.310 e. The molecule has 1 heterocycles. The van der Waals surface area contributed by atoms with E-state index in [4.69, 9.17) is 0 Å². The number of para-hydroxylation sites is 3. The molecule has 0 radical (unpaired) electrons. The fraction of sp³-hybridized carbons (Fsp3) is 0. The molecule has 0 saturated carbocycles. The van der Waals surface area contributed by atoms with Crippen molar-refractivity contribution >= 4 is 71.2 Å². The van der Waals surface area contributed by atoms with Crippen LogP contribution in [0.3, 0.4) is 0 Å². The van der Waals surface area contributed by atoms with Crippen molar-refractivity contribution in [1.29, 1.82) is 0 Å². The topological polar surface area (TPSA) is 8.17 Å². The second-order valence-electron chi connectivity index (χ2n) is 11.4. The van der Waals surface area contributed by atoms with Crippen LogP contribution in [-0.2, 0) is 0 Å². The minimum atomic E-state index is 1.12. The molecule has 8 aromatic carbocycles. The number of rotatable bonds is 4. The van der Waals surface area contributed by atoms with Gasteiger partial charge in [-0.1, -0.05) is 121 Å². The van der Waals surface area contributed by atoms with Crippen LogP contribution in [0.2, 0.25) is 0 Å². The molecule has 0 fully saturated rings. The Bertz CT molecular complexity index is 2450. The Kier molecular flexibility index (Phi) is 5.54. The standard InChI is InChI=1S/C42H28N2/c1-3-14-29(15-4-1)43(40-25-13-23-38-34-19-8-7-18-32(34)33-20-9-10-22-37(33)42(38)40)31-26-27-36-35-21-11-12-24-39(35)44(41(36)28-31)30-16-5-2-6-17-30/h1-28H. The number of nitrogens with zero attached hydrogens (tertiary/aromatic N) is 2. The lowest BCUT2D eigenvalue weighted by molar-refractivity contribution is 1.18. The lowest BCUT2D eigenvalue weighted by Crippen LogP contribution is -2.10. The summed E-state index contributed by atoms with van der Waals surface area (Å²) >= 11 is 0. The average Bonchev–Trinajstić information content (AvgIpc) is 3.43. The van der Waals surface area contributed by atoms with Crippen molar-refractivity contribution in [2.45, 2.75) is 0 Å². The van der Waals surface area contributed by atoms with E-state index in [9.17, 15) is 0 Å². The van der Waals surface area contributed by atoms with Gasteiger partial charge in [0.15, 0.2) is 0 Å². The van der Waals surface area contributed by atoms with Gasteiger partial charge in [0, 0.05) is 33.2 Å². The third-order valence-corrected chi connectivity index (χ3v) is 8.93. The molecule has 0 spiro atoms. The van der Waals surface area contributed by atoms with Gasteiger partial charge in [-0.15, -0.1) is 0 Å². The van der Waals surface area contributed by atoms with Crippen LogP contribution in [-0.4, -0.2) is 4.57 Å². The maximum atomic E-state index is 2.43. The molecule has 2 nitrogen and oxygen atoms in total. The van der Waals surface area contributed by atoms with E-state index in [0.29, 0.717) is 0 Å². The summed E-state index contributed by atoms with van der Waals surface area (Å²) in [6, 6.07) is 61.4. The highest BCUT2D eigenvalue weighted by Gasteiger charge is 2.20. The first-order valence-electron chi connectivity index (χ1n) is 15.1. The molecule has 206 valence electrons. The molecule has 44 heavy (non-hydrogen) atoms. The predicted molar refractivity (Wildman–Crippen MR) is 188 cm³/mol. The van der Waals surface area contributed by atoms with Crippen molar-refractivity contribution in [1.82, 2.24) is 4.57 Å². The highest BCUT2D eigenvalue weighted by Crippen LogP contribution is 2.45. The number of hydrogen-bond acceptors (Lipinski definition) is 1. The Balaban J connectivity index is 1.40. The Morgan fingerprint density at radius 1 is 0.341 bits per heavy atom. The Hall–Kier alpha value is -5.86. The van der Waals surface area contributed by atoms with E-state index in [2.05, 4.69) is 179 Å². The highest BCUT2D eigenvalue weighted by atomic mass is 15.1. The van der Waals surface area contributed by atoms with E-state index in [1.807, 2.05) is 0 Å². The number of fused-ring (bicyclic) bond motifs is 9. The van der Waals surface area contributed by atoms with Gasteiger partial charge in [0.2, 0.25) is 0 Å². The lowest BCUT2D eigenvalue weighted by Gasteiger charge is -2.28. The number of aromatic nitrogens is 1. The molecule has 0 aliphatic heterocycles. The zero-order valence-electron chi connectivity index (χ0n) is 24.1. The van der Waals surface area contributed by atoms with Crippen molar-refractivity contribution in [3.05, 3.63) is 170 Å². The number of hydrogen-bond donors (Lipinski definition) is 0. The first kappa shape index (κ1) is 24.7. The minimum absolute atomic E-state index is 1.12. The van der Waals surface area contributed by atoms with Crippen LogP contribution < -0.4 is 4.90 Å². The molecule has 0 bridgehead atoms. The average molecular weight is 561 g/mol. The number of anilines is 3. The molecule has 1 aromatic heterocycles. The SMILES string of the molecule is c1ccc(N(c2ccc3c4ccccc4n(-c4ccccc4)c3c2)c2cccc3c4ccccc4c4ccccc4c23)cc1. The zero-order valence-corrected chi connectivity index (χ0v) is 24.1. The van der Waals surface area contributed by atoms with E-state index < -0.39 is 0 Å². The summed E-state index contributed by atoms with van der Waals surface area (Å²) < 4.78 is 2.39. The molecule has 0 saturated heterocycles. The van der Waals surface area contributed by atoms with Gasteiger partial charge in [-0.2, -0.15) is 0 Å². The summed E-state index contributed by atoms with van der Waals surface area (Å²) in [6.07, 6.45) is 0. The molecule has 9 aromatic rings. The number of benzene rings is 8. The smallest absolute Gasteiger partial charge is 0.0561 e. The third kappa shape index (κ3) is 3.68. The molecule has 0 aliphatic carbocycles. The Labute approximate surface area is 255 Å².